The van der Waals surface area contributed by atoms with Crippen molar-refractivity contribution in [2.24, 2.45) is 0 Å². The molecule has 0 heterocycles. The first-order valence-corrected chi connectivity index (χ1v) is 2.69. The summed E-state index contributed by atoms with van der Waals surface area (Å²) in [5.41, 5.74) is 0.935. The summed E-state index contributed by atoms with van der Waals surface area (Å²) in [6.07, 6.45) is 0. The van der Waals surface area contributed by atoms with Crippen molar-refractivity contribution >= 4 is 59.1 Å². The summed E-state index contributed by atoms with van der Waals surface area (Å²) < 4.78 is 0. The second kappa shape index (κ2) is 6.35. The van der Waals surface area contributed by atoms with Crippen LogP contribution >= 0.6 is 0 Å². The van der Waals surface area contributed by atoms with E-state index in [0.29, 0.717) is 0 Å². The number of hydrogen-bond acceptors (Lipinski definition) is 2. The molecule has 52 valence electrons. The third-order valence-electron chi connectivity index (χ3n) is 1.13. The van der Waals surface area contributed by atoms with Crippen LogP contribution in [0.25, 0.3) is 0 Å². The van der Waals surface area contributed by atoms with Crippen molar-refractivity contribution in [3.05, 3.63) is 23.8 Å². The van der Waals surface area contributed by atoms with Crippen molar-refractivity contribution in [1.82, 2.24) is 0 Å². The average Bonchev–Trinajstić information content (AvgIpc) is 1.80. The molecule has 0 aliphatic carbocycles. The first-order chi connectivity index (χ1) is 4.20. The van der Waals surface area contributed by atoms with Crippen LogP contribution in [-0.4, -0.2) is 69.3 Å². The Kier molecular flexibility index (Phi) is 8.28. The van der Waals surface area contributed by atoms with Crippen molar-refractivity contribution in [2.45, 2.75) is 6.92 Å². The fourth-order valence-corrected chi connectivity index (χ4v) is 0.633. The number of hydrogen-bond donors (Lipinski definition) is 2. The summed E-state index contributed by atoms with van der Waals surface area (Å²) in [4.78, 5) is 0. The van der Waals surface area contributed by atoms with E-state index in [-0.39, 0.29) is 70.6 Å². The van der Waals surface area contributed by atoms with Crippen LogP contribution in [0.15, 0.2) is 18.2 Å². The molecule has 0 fully saturated rings. The Balaban J connectivity index is 0. The Labute approximate surface area is 110 Å². The van der Waals surface area contributed by atoms with Crippen LogP contribution in [0.2, 0.25) is 0 Å². The standard InChI is InChI=1S/C7H8O2.2Na.2H/c1-5-2-3-6(8)7(9)4-5;;;;/h2-4,8-9H,1H3;;;;. The first kappa shape index (κ1) is 14.3. The van der Waals surface area contributed by atoms with Gasteiger partial charge >= 0.3 is 59.1 Å². The third kappa shape index (κ3) is 4.41. The van der Waals surface area contributed by atoms with Crippen molar-refractivity contribution in [1.29, 1.82) is 0 Å². The topological polar surface area (TPSA) is 40.5 Å². The number of rotatable bonds is 0. The molecule has 11 heavy (non-hydrogen) atoms. The predicted octanol–water partition coefficient (Wildman–Crippen LogP) is 0.109. The van der Waals surface area contributed by atoms with Crippen LogP contribution in [0.4, 0.5) is 0 Å². The van der Waals surface area contributed by atoms with Gasteiger partial charge in [-0.2, -0.15) is 0 Å². The van der Waals surface area contributed by atoms with Gasteiger partial charge in [0.1, 0.15) is 0 Å². The van der Waals surface area contributed by atoms with Crippen LogP contribution in [0, 0.1) is 6.92 Å². The van der Waals surface area contributed by atoms with Gasteiger partial charge in [0.2, 0.25) is 0 Å². The quantitative estimate of drug-likeness (QED) is 0.430. The van der Waals surface area contributed by atoms with Crippen LogP contribution < -0.4 is 0 Å². The maximum atomic E-state index is 8.85. The number of phenolic OH excluding ortho intramolecular Hbond substituents is 2. The fraction of sp³-hybridized carbons (Fsp3) is 0.143. The molecule has 1 aromatic rings. The van der Waals surface area contributed by atoms with Crippen molar-refractivity contribution in [3.63, 3.8) is 0 Å². The number of phenols is 2. The maximum absolute atomic E-state index is 8.85. The second-order valence-electron chi connectivity index (χ2n) is 1.99. The van der Waals surface area contributed by atoms with Crippen molar-refractivity contribution in [2.75, 3.05) is 0 Å². The molecule has 0 saturated carbocycles. The zero-order valence-electron chi connectivity index (χ0n) is 5.13. The molecule has 0 saturated heterocycles. The molecule has 4 heteroatoms. The second-order valence-corrected chi connectivity index (χ2v) is 1.99. The molecule has 0 amide bonds. The van der Waals surface area contributed by atoms with E-state index in [1.165, 1.54) is 12.1 Å². The summed E-state index contributed by atoms with van der Waals surface area (Å²) in [5.74, 6) is -0.129. The minimum atomic E-state index is -0.0689. The van der Waals surface area contributed by atoms with E-state index >= 15 is 0 Å². The zero-order valence-corrected chi connectivity index (χ0v) is 5.13. The Hall–Kier alpha value is 0.820. The molecule has 0 bridgehead atoms. The van der Waals surface area contributed by atoms with Crippen LogP contribution in [0.5, 0.6) is 11.5 Å². The molecule has 1 rings (SSSR count). The van der Waals surface area contributed by atoms with E-state index in [0.717, 1.165) is 5.56 Å². The molecular weight excluding hydrogens is 162 g/mol. The predicted molar refractivity (Wildman–Crippen MR) is 48.8 cm³/mol. The van der Waals surface area contributed by atoms with Crippen LogP contribution in [0.1, 0.15) is 5.56 Å². The average molecular weight is 172 g/mol. The summed E-state index contributed by atoms with van der Waals surface area (Å²) >= 11 is 0. The molecule has 1 aromatic carbocycles. The monoisotopic (exact) mass is 172 g/mol. The number of benzene rings is 1. The first-order valence-electron chi connectivity index (χ1n) is 2.69. The van der Waals surface area contributed by atoms with Gasteiger partial charge in [0.25, 0.3) is 0 Å². The normalized spacial score (nSPS) is 7.73. The van der Waals surface area contributed by atoms with E-state index in [1.54, 1.807) is 6.07 Å². The minimum absolute atomic E-state index is 0. The SMILES string of the molecule is Cc1ccc(O)c(O)c1.[NaH].[NaH]. The van der Waals surface area contributed by atoms with Gasteiger partial charge in [0, 0.05) is 0 Å². The van der Waals surface area contributed by atoms with Crippen molar-refractivity contribution in [3.8, 4) is 11.5 Å². The van der Waals surface area contributed by atoms with E-state index in [4.69, 9.17) is 10.2 Å². The number of aromatic hydroxyl groups is 2. The molecule has 0 radical (unpaired) electrons. The van der Waals surface area contributed by atoms with Gasteiger partial charge in [-0.05, 0) is 24.6 Å². The number of aryl methyl sites for hydroxylation is 1. The van der Waals surface area contributed by atoms with E-state index < -0.39 is 0 Å². The molecule has 0 aromatic heterocycles. The molecule has 2 N–H and O–H groups in total. The Morgan fingerprint density at radius 3 is 1.91 bits per heavy atom. The van der Waals surface area contributed by atoms with E-state index in [2.05, 4.69) is 0 Å². The Morgan fingerprint density at radius 1 is 1.00 bits per heavy atom. The van der Waals surface area contributed by atoms with Crippen LogP contribution in [-0.2, 0) is 0 Å². The Bertz CT molecular complexity index is 226. The van der Waals surface area contributed by atoms with Gasteiger partial charge in [-0.25, -0.2) is 0 Å². The molecular formula is C7H10Na2O2. The van der Waals surface area contributed by atoms with Gasteiger partial charge in [-0.15, -0.1) is 0 Å². The van der Waals surface area contributed by atoms with Gasteiger partial charge < -0.3 is 10.2 Å². The van der Waals surface area contributed by atoms with E-state index in [9.17, 15) is 0 Å². The molecule has 2 nitrogen and oxygen atoms in total. The summed E-state index contributed by atoms with van der Waals surface area (Å²) in [6, 6.07) is 4.70. The van der Waals surface area contributed by atoms with Gasteiger partial charge in [-0.1, -0.05) is 6.07 Å². The molecule has 0 atom stereocenters. The van der Waals surface area contributed by atoms with Gasteiger partial charge in [0.15, 0.2) is 11.5 Å². The molecule has 0 unspecified atom stereocenters. The van der Waals surface area contributed by atoms with E-state index in [1.807, 2.05) is 6.92 Å². The molecule has 0 aliphatic heterocycles. The molecule has 0 spiro atoms. The van der Waals surface area contributed by atoms with Crippen molar-refractivity contribution < 1.29 is 10.2 Å². The Morgan fingerprint density at radius 2 is 1.55 bits per heavy atom. The summed E-state index contributed by atoms with van der Waals surface area (Å²) in [5, 5.41) is 17.6. The zero-order chi connectivity index (χ0) is 6.85. The summed E-state index contributed by atoms with van der Waals surface area (Å²) in [6.45, 7) is 1.85. The summed E-state index contributed by atoms with van der Waals surface area (Å²) in [7, 11) is 0. The third-order valence-corrected chi connectivity index (χ3v) is 1.13. The van der Waals surface area contributed by atoms with Gasteiger partial charge in [-0.3, -0.25) is 0 Å². The fourth-order valence-electron chi connectivity index (χ4n) is 0.633. The molecule has 0 aliphatic rings. The van der Waals surface area contributed by atoms with Crippen LogP contribution in [0.3, 0.4) is 0 Å². The van der Waals surface area contributed by atoms with Gasteiger partial charge in [0.05, 0.1) is 0 Å².